The first kappa shape index (κ1) is 16.5. The molecule has 1 aromatic rings. The maximum absolute atomic E-state index is 5.77. The van der Waals surface area contributed by atoms with Gasteiger partial charge < -0.3 is 9.73 Å². The fourth-order valence-corrected chi connectivity index (χ4v) is 3.14. The molecule has 1 aromatic heterocycles. The third-order valence-corrected chi connectivity index (χ3v) is 4.70. The second kappa shape index (κ2) is 6.09. The number of aryl methyl sites for hydroxylation is 1. The number of rotatable bonds is 3. The van der Waals surface area contributed by atoms with Crippen LogP contribution in [0.15, 0.2) is 10.6 Å². The molecule has 4 nitrogen and oxygen atoms in total. The predicted octanol–water partition coefficient (Wildman–Crippen LogP) is 3.39. The van der Waals surface area contributed by atoms with Crippen LogP contribution >= 0.6 is 0 Å². The van der Waals surface area contributed by atoms with E-state index >= 15 is 0 Å². The number of oxazole rings is 1. The molecule has 0 amide bonds. The van der Waals surface area contributed by atoms with Gasteiger partial charge >= 0.3 is 0 Å². The molecule has 0 radical (unpaired) electrons. The summed E-state index contributed by atoms with van der Waals surface area (Å²) in [7, 11) is 0. The summed E-state index contributed by atoms with van der Waals surface area (Å²) in [6.07, 6.45) is 1.82. The zero-order valence-corrected chi connectivity index (χ0v) is 14.6. The van der Waals surface area contributed by atoms with E-state index in [1.54, 1.807) is 0 Å². The Balaban J connectivity index is 2.21. The standard InChI is InChI=1S/C17H31N3O/c1-11(2)14-9-18-15(17(5,6)7)10-20(14)13(4)16-19-8-12(3)21-16/h8,11,13-15,18H,9-10H2,1-7H3. The van der Waals surface area contributed by atoms with Gasteiger partial charge in [-0.05, 0) is 25.2 Å². The third kappa shape index (κ3) is 3.67. The summed E-state index contributed by atoms with van der Waals surface area (Å²) in [5.74, 6) is 2.34. The van der Waals surface area contributed by atoms with Crippen molar-refractivity contribution in [2.24, 2.45) is 11.3 Å². The molecule has 0 spiro atoms. The van der Waals surface area contributed by atoms with Gasteiger partial charge in [-0.2, -0.15) is 0 Å². The van der Waals surface area contributed by atoms with Crippen LogP contribution < -0.4 is 5.32 Å². The van der Waals surface area contributed by atoms with Crippen molar-refractivity contribution in [2.75, 3.05) is 13.1 Å². The molecule has 2 heterocycles. The van der Waals surface area contributed by atoms with E-state index < -0.39 is 0 Å². The summed E-state index contributed by atoms with van der Waals surface area (Å²) in [6.45, 7) is 17.7. The Labute approximate surface area is 129 Å². The summed E-state index contributed by atoms with van der Waals surface area (Å²) in [4.78, 5) is 7.01. The molecule has 1 aliphatic heterocycles. The SMILES string of the molecule is Cc1cnc(C(C)N2CC(C(C)(C)C)NCC2C(C)C)o1. The molecular formula is C17H31N3O. The summed E-state index contributed by atoms with van der Waals surface area (Å²) in [5.41, 5.74) is 0.256. The molecule has 120 valence electrons. The number of nitrogens with zero attached hydrogens (tertiary/aromatic N) is 2. The molecule has 0 aromatic carbocycles. The Morgan fingerprint density at radius 3 is 2.48 bits per heavy atom. The quantitative estimate of drug-likeness (QED) is 0.927. The van der Waals surface area contributed by atoms with Gasteiger partial charge in [0.1, 0.15) is 5.76 Å². The fraction of sp³-hybridized carbons (Fsp3) is 0.824. The zero-order chi connectivity index (χ0) is 15.8. The second-order valence-electron chi connectivity index (χ2n) is 7.82. The van der Waals surface area contributed by atoms with Crippen molar-refractivity contribution >= 4 is 0 Å². The van der Waals surface area contributed by atoms with E-state index in [0.717, 1.165) is 24.7 Å². The van der Waals surface area contributed by atoms with Crippen LogP contribution in [0.4, 0.5) is 0 Å². The Bertz CT molecular complexity index is 461. The minimum Gasteiger partial charge on any atom is -0.444 e. The van der Waals surface area contributed by atoms with Crippen LogP contribution in [0.25, 0.3) is 0 Å². The van der Waals surface area contributed by atoms with Gasteiger partial charge in [0.25, 0.3) is 0 Å². The topological polar surface area (TPSA) is 41.3 Å². The van der Waals surface area contributed by atoms with E-state index in [1.807, 2.05) is 13.1 Å². The van der Waals surface area contributed by atoms with Crippen molar-refractivity contribution in [3.8, 4) is 0 Å². The van der Waals surface area contributed by atoms with Crippen molar-refractivity contribution in [3.63, 3.8) is 0 Å². The molecule has 0 saturated carbocycles. The van der Waals surface area contributed by atoms with E-state index in [9.17, 15) is 0 Å². The number of hydrogen-bond acceptors (Lipinski definition) is 4. The molecule has 3 atom stereocenters. The molecule has 0 bridgehead atoms. The van der Waals surface area contributed by atoms with Crippen LogP contribution in [0.2, 0.25) is 0 Å². The smallest absolute Gasteiger partial charge is 0.211 e. The lowest BCUT2D eigenvalue weighted by atomic mass is 9.83. The Hall–Kier alpha value is -0.870. The van der Waals surface area contributed by atoms with E-state index in [1.165, 1.54) is 0 Å². The van der Waals surface area contributed by atoms with E-state index in [4.69, 9.17) is 4.42 Å². The third-order valence-electron chi connectivity index (χ3n) is 4.70. The summed E-state index contributed by atoms with van der Waals surface area (Å²) >= 11 is 0. The van der Waals surface area contributed by atoms with Crippen molar-refractivity contribution in [2.45, 2.75) is 66.6 Å². The van der Waals surface area contributed by atoms with Gasteiger partial charge in [-0.1, -0.05) is 34.6 Å². The highest BCUT2D eigenvalue weighted by molar-refractivity contribution is 5.01. The van der Waals surface area contributed by atoms with Gasteiger partial charge in [-0.15, -0.1) is 0 Å². The van der Waals surface area contributed by atoms with Crippen LogP contribution in [-0.4, -0.2) is 35.1 Å². The van der Waals surface area contributed by atoms with E-state index in [2.05, 4.69) is 56.7 Å². The number of nitrogens with one attached hydrogen (secondary N) is 1. The monoisotopic (exact) mass is 293 g/mol. The van der Waals surface area contributed by atoms with Gasteiger partial charge in [0.2, 0.25) is 5.89 Å². The highest BCUT2D eigenvalue weighted by Crippen LogP contribution is 2.31. The molecule has 0 aliphatic carbocycles. The molecule has 1 N–H and O–H groups in total. The van der Waals surface area contributed by atoms with Gasteiger partial charge in [0.15, 0.2) is 0 Å². The molecule has 21 heavy (non-hydrogen) atoms. The molecule has 4 heteroatoms. The zero-order valence-electron chi connectivity index (χ0n) is 14.6. The molecule has 3 unspecified atom stereocenters. The van der Waals surface area contributed by atoms with Crippen LogP contribution in [-0.2, 0) is 0 Å². The molecule has 1 aliphatic rings. The number of piperazine rings is 1. The first-order valence-electron chi connectivity index (χ1n) is 8.11. The maximum Gasteiger partial charge on any atom is 0.211 e. The van der Waals surface area contributed by atoms with Crippen LogP contribution in [0.3, 0.4) is 0 Å². The highest BCUT2D eigenvalue weighted by atomic mass is 16.4. The van der Waals surface area contributed by atoms with Crippen LogP contribution in [0.1, 0.15) is 59.2 Å². The van der Waals surface area contributed by atoms with Crippen LogP contribution in [0, 0.1) is 18.3 Å². The van der Waals surface area contributed by atoms with Crippen LogP contribution in [0.5, 0.6) is 0 Å². The lowest BCUT2D eigenvalue weighted by Gasteiger charge is -2.48. The minimum atomic E-state index is 0.220. The molecule has 1 fully saturated rings. The number of hydrogen-bond donors (Lipinski definition) is 1. The normalized spacial score (nSPS) is 26.3. The minimum absolute atomic E-state index is 0.220. The van der Waals surface area contributed by atoms with Crippen molar-refractivity contribution in [1.29, 1.82) is 0 Å². The first-order valence-corrected chi connectivity index (χ1v) is 8.11. The Kier molecular flexibility index (Phi) is 4.79. The van der Waals surface area contributed by atoms with E-state index in [-0.39, 0.29) is 11.5 Å². The average Bonchev–Trinajstić information content (AvgIpc) is 2.82. The second-order valence-corrected chi connectivity index (χ2v) is 7.82. The Morgan fingerprint density at radius 2 is 2.00 bits per heavy atom. The van der Waals surface area contributed by atoms with Gasteiger partial charge in [-0.25, -0.2) is 4.98 Å². The first-order chi connectivity index (χ1) is 9.70. The van der Waals surface area contributed by atoms with Gasteiger partial charge in [-0.3, -0.25) is 4.90 Å². The molecule has 2 rings (SSSR count). The largest absolute Gasteiger partial charge is 0.444 e. The van der Waals surface area contributed by atoms with Crippen molar-refractivity contribution in [3.05, 3.63) is 17.8 Å². The fourth-order valence-electron chi connectivity index (χ4n) is 3.14. The van der Waals surface area contributed by atoms with Gasteiger partial charge in [0.05, 0.1) is 12.2 Å². The van der Waals surface area contributed by atoms with Gasteiger partial charge in [0, 0.05) is 25.2 Å². The Morgan fingerprint density at radius 1 is 1.33 bits per heavy atom. The predicted molar refractivity (Wildman–Crippen MR) is 86.2 cm³/mol. The van der Waals surface area contributed by atoms with E-state index in [0.29, 0.717) is 18.0 Å². The van der Waals surface area contributed by atoms with Crippen molar-refractivity contribution in [1.82, 2.24) is 15.2 Å². The lowest BCUT2D eigenvalue weighted by molar-refractivity contribution is 0.0253. The highest BCUT2D eigenvalue weighted by Gasteiger charge is 2.38. The summed E-state index contributed by atoms with van der Waals surface area (Å²) < 4.78 is 5.77. The molecule has 1 saturated heterocycles. The van der Waals surface area contributed by atoms with Crippen molar-refractivity contribution < 1.29 is 4.42 Å². The lowest BCUT2D eigenvalue weighted by Crippen LogP contribution is -2.62. The number of aromatic nitrogens is 1. The maximum atomic E-state index is 5.77. The summed E-state index contributed by atoms with van der Waals surface area (Å²) in [5, 5.41) is 3.74. The molecular weight excluding hydrogens is 262 g/mol. The average molecular weight is 293 g/mol. The summed E-state index contributed by atoms with van der Waals surface area (Å²) in [6, 6.07) is 1.23.